The number of hydrogen-bond acceptors (Lipinski definition) is 4. The molecule has 2 aromatic carbocycles. The monoisotopic (exact) mass is 466 g/mol. The maximum absolute atomic E-state index is 13.6. The van der Waals surface area contributed by atoms with Crippen molar-refractivity contribution in [1.29, 1.82) is 0 Å². The van der Waals surface area contributed by atoms with Gasteiger partial charge in [-0.25, -0.2) is 4.79 Å². The molecule has 0 heterocycles. The summed E-state index contributed by atoms with van der Waals surface area (Å²) < 4.78 is 0. The van der Waals surface area contributed by atoms with Crippen molar-refractivity contribution in [2.24, 2.45) is 21.4 Å². The Morgan fingerprint density at radius 3 is 2.33 bits per heavy atom. The quantitative estimate of drug-likeness (QED) is 0.387. The lowest BCUT2D eigenvalue weighted by atomic mass is 9.64. The van der Waals surface area contributed by atoms with E-state index in [1.165, 1.54) is 5.56 Å². The second kappa shape index (κ2) is 8.28. The molecule has 2 fully saturated rings. The lowest BCUT2D eigenvalue weighted by Crippen LogP contribution is -2.43. The average molecular weight is 467 g/mol. The molecule has 5 nitrogen and oxygen atoms in total. The summed E-state index contributed by atoms with van der Waals surface area (Å²) in [5.74, 6) is -0.165. The number of amides is 1. The second-order valence-electron chi connectivity index (χ2n) is 10.3. The summed E-state index contributed by atoms with van der Waals surface area (Å²) in [5, 5.41) is 7.75. The molecule has 174 valence electrons. The van der Waals surface area contributed by atoms with Gasteiger partial charge in [0.25, 0.3) is 0 Å². The summed E-state index contributed by atoms with van der Waals surface area (Å²) in [6.07, 6.45) is 2.04. The summed E-state index contributed by atoms with van der Waals surface area (Å²) in [6.45, 7) is 10.7. The number of nitrogens with zero attached hydrogens (tertiary/aromatic N) is 1. The molecule has 2 aromatic rings. The second-order valence-corrected chi connectivity index (χ2v) is 10.8. The van der Waals surface area contributed by atoms with Crippen molar-refractivity contribution < 1.29 is 14.4 Å². The summed E-state index contributed by atoms with van der Waals surface area (Å²) in [5.41, 5.74) is 1.74. The van der Waals surface area contributed by atoms with Gasteiger partial charge in [0.2, 0.25) is 5.91 Å². The van der Waals surface area contributed by atoms with Crippen molar-refractivity contribution in [2.75, 3.05) is 5.32 Å². The average Bonchev–Trinajstić information content (AvgIpc) is 3.09. The van der Waals surface area contributed by atoms with E-state index in [9.17, 15) is 9.59 Å². The fourth-order valence-corrected chi connectivity index (χ4v) is 5.71. The van der Waals surface area contributed by atoms with E-state index in [1.807, 2.05) is 12.1 Å². The van der Waals surface area contributed by atoms with Crippen LogP contribution in [0.4, 0.5) is 5.69 Å². The number of benzene rings is 2. The summed E-state index contributed by atoms with van der Waals surface area (Å²) in [4.78, 5) is 31.5. The SMILES string of the molecule is CC(C)c1ccc(NC(=O)C23CCC(C)(C(=NOC(=O)c4ccccc4Cl)C2)C3(C)C)cc1. The number of oxime groups is 1. The van der Waals surface area contributed by atoms with E-state index < -0.39 is 11.4 Å². The normalized spacial score (nSPS) is 26.6. The van der Waals surface area contributed by atoms with Crippen molar-refractivity contribution in [2.45, 2.75) is 59.8 Å². The molecular weight excluding hydrogens is 436 g/mol. The molecule has 4 rings (SSSR count). The minimum absolute atomic E-state index is 0.00356. The highest BCUT2D eigenvalue weighted by atomic mass is 35.5. The minimum atomic E-state index is -0.617. The van der Waals surface area contributed by atoms with E-state index in [2.05, 4.69) is 57.2 Å². The zero-order valence-electron chi connectivity index (χ0n) is 19.9. The van der Waals surface area contributed by atoms with Crippen molar-refractivity contribution >= 4 is 34.9 Å². The van der Waals surface area contributed by atoms with Gasteiger partial charge in [-0.1, -0.05) is 75.6 Å². The molecule has 0 aromatic heterocycles. The van der Waals surface area contributed by atoms with Crippen LogP contribution in [-0.2, 0) is 9.63 Å². The summed E-state index contributed by atoms with van der Waals surface area (Å²) in [6, 6.07) is 14.8. The Bertz CT molecular complexity index is 1120. The zero-order valence-corrected chi connectivity index (χ0v) is 20.6. The van der Waals surface area contributed by atoms with Gasteiger partial charge in [0.1, 0.15) is 0 Å². The maximum Gasteiger partial charge on any atom is 0.367 e. The smallest absolute Gasteiger partial charge is 0.326 e. The molecule has 2 aliphatic carbocycles. The van der Waals surface area contributed by atoms with Crippen LogP contribution in [0.5, 0.6) is 0 Å². The molecule has 0 radical (unpaired) electrons. The van der Waals surface area contributed by atoms with Gasteiger partial charge in [-0.05, 0) is 54.0 Å². The van der Waals surface area contributed by atoms with Crippen LogP contribution in [0, 0.1) is 16.2 Å². The van der Waals surface area contributed by atoms with E-state index in [-0.39, 0.29) is 22.3 Å². The topological polar surface area (TPSA) is 67.8 Å². The third-order valence-electron chi connectivity index (χ3n) is 8.34. The molecule has 2 unspecified atom stereocenters. The number of carbonyl (C=O) groups is 2. The van der Waals surface area contributed by atoms with Gasteiger partial charge >= 0.3 is 5.97 Å². The van der Waals surface area contributed by atoms with E-state index >= 15 is 0 Å². The molecule has 0 spiro atoms. The molecule has 1 N–H and O–H groups in total. The number of halogens is 1. The van der Waals surface area contributed by atoms with Crippen LogP contribution < -0.4 is 5.32 Å². The number of hydrogen-bond donors (Lipinski definition) is 1. The minimum Gasteiger partial charge on any atom is -0.326 e. The number of fused-ring (bicyclic) bond motifs is 2. The van der Waals surface area contributed by atoms with Crippen molar-refractivity contribution in [3.63, 3.8) is 0 Å². The first-order valence-corrected chi connectivity index (χ1v) is 11.8. The van der Waals surface area contributed by atoms with Crippen LogP contribution >= 0.6 is 11.6 Å². The van der Waals surface area contributed by atoms with Gasteiger partial charge in [0, 0.05) is 17.5 Å². The Kier molecular flexibility index (Phi) is 5.90. The van der Waals surface area contributed by atoms with E-state index in [0.29, 0.717) is 17.4 Å². The Hall–Kier alpha value is -2.66. The van der Waals surface area contributed by atoms with Gasteiger partial charge < -0.3 is 10.2 Å². The van der Waals surface area contributed by atoms with Gasteiger partial charge in [-0.2, -0.15) is 0 Å². The Morgan fingerprint density at radius 2 is 1.70 bits per heavy atom. The van der Waals surface area contributed by atoms with Gasteiger partial charge in [0.05, 0.1) is 21.7 Å². The largest absolute Gasteiger partial charge is 0.367 e. The molecular formula is C27H31ClN2O3. The molecule has 2 bridgehead atoms. The fraction of sp³-hybridized carbons (Fsp3) is 0.444. The summed E-state index contributed by atoms with van der Waals surface area (Å²) >= 11 is 6.12. The highest BCUT2D eigenvalue weighted by molar-refractivity contribution is 6.33. The first-order chi connectivity index (χ1) is 15.5. The van der Waals surface area contributed by atoms with Crippen molar-refractivity contribution in [1.82, 2.24) is 0 Å². The van der Waals surface area contributed by atoms with E-state index in [4.69, 9.17) is 16.4 Å². The molecule has 2 atom stereocenters. The third-order valence-corrected chi connectivity index (χ3v) is 8.67. The zero-order chi connectivity index (χ0) is 24.0. The molecule has 0 saturated heterocycles. The molecule has 6 heteroatoms. The Morgan fingerprint density at radius 1 is 1.03 bits per heavy atom. The predicted molar refractivity (Wildman–Crippen MR) is 132 cm³/mol. The Labute approximate surface area is 200 Å². The van der Waals surface area contributed by atoms with E-state index in [0.717, 1.165) is 24.2 Å². The third kappa shape index (κ3) is 3.67. The lowest BCUT2D eigenvalue weighted by Gasteiger charge is -2.39. The molecule has 1 amide bonds. The van der Waals surface area contributed by atoms with Gasteiger partial charge in [0.15, 0.2) is 0 Å². The summed E-state index contributed by atoms with van der Waals surface area (Å²) in [7, 11) is 0. The highest BCUT2D eigenvalue weighted by Gasteiger charge is 2.71. The first-order valence-electron chi connectivity index (χ1n) is 11.5. The van der Waals surface area contributed by atoms with Crippen LogP contribution in [0.1, 0.15) is 75.7 Å². The van der Waals surface area contributed by atoms with Crippen molar-refractivity contribution in [3.8, 4) is 0 Å². The van der Waals surface area contributed by atoms with E-state index in [1.54, 1.807) is 24.3 Å². The molecule has 2 aliphatic rings. The number of rotatable bonds is 5. The van der Waals surface area contributed by atoms with Crippen LogP contribution in [0.15, 0.2) is 53.7 Å². The van der Waals surface area contributed by atoms with Crippen LogP contribution in [0.3, 0.4) is 0 Å². The predicted octanol–water partition coefficient (Wildman–Crippen LogP) is 6.83. The standard InChI is InChI=1S/C27H31ClN2O3/c1-17(2)18-10-12-19(13-11-18)29-24(32)27-15-14-26(5,25(27,3)4)22(16-27)30-33-23(31)20-8-6-7-9-21(20)28/h6-13,17H,14-16H2,1-5H3,(H,29,32). The molecule has 33 heavy (non-hydrogen) atoms. The molecule has 0 aliphatic heterocycles. The Balaban J connectivity index is 1.57. The first kappa shape index (κ1) is 23.5. The number of nitrogens with one attached hydrogen (secondary N) is 1. The van der Waals surface area contributed by atoms with Crippen LogP contribution in [-0.4, -0.2) is 17.6 Å². The van der Waals surface area contributed by atoms with Gasteiger partial charge in [-0.15, -0.1) is 0 Å². The number of carbonyl (C=O) groups excluding carboxylic acids is 2. The van der Waals surface area contributed by atoms with Crippen molar-refractivity contribution in [3.05, 3.63) is 64.7 Å². The van der Waals surface area contributed by atoms with Gasteiger partial charge in [-0.3, -0.25) is 4.79 Å². The highest BCUT2D eigenvalue weighted by Crippen LogP contribution is 2.71. The number of anilines is 1. The van der Waals surface area contributed by atoms with Crippen LogP contribution in [0.2, 0.25) is 5.02 Å². The molecule has 2 saturated carbocycles. The van der Waals surface area contributed by atoms with Crippen LogP contribution in [0.25, 0.3) is 0 Å². The lowest BCUT2D eigenvalue weighted by molar-refractivity contribution is -0.130. The maximum atomic E-state index is 13.6. The fourth-order valence-electron chi connectivity index (χ4n) is 5.50.